The van der Waals surface area contributed by atoms with E-state index in [4.69, 9.17) is 0 Å². The molecule has 0 bridgehead atoms. The van der Waals surface area contributed by atoms with E-state index in [0.29, 0.717) is 32.0 Å². The van der Waals surface area contributed by atoms with Gasteiger partial charge in [-0.15, -0.1) is 0 Å². The summed E-state index contributed by atoms with van der Waals surface area (Å²) in [5.74, 6) is 0.414. The number of amides is 1. The largest absolute Gasteiger partial charge is 0.341 e. The first kappa shape index (κ1) is 22.4. The first-order valence-electron chi connectivity index (χ1n) is 10.7. The van der Waals surface area contributed by atoms with Crippen LogP contribution in [-0.4, -0.2) is 82.2 Å². The summed E-state index contributed by atoms with van der Waals surface area (Å²) in [6.45, 7) is 5.33. The number of likely N-dealkylation sites (N-methyl/N-ethyl adjacent to an activating group) is 1. The molecule has 0 saturated carbocycles. The Hall–Kier alpha value is -2.32. The van der Waals surface area contributed by atoms with Crippen LogP contribution in [0.5, 0.6) is 0 Å². The summed E-state index contributed by atoms with van der Waals surface area (Å²) in [6, 6.07) is 6.99. The number of carbonyl (C=O) groups is 1. The van der Waals surface area contributed by atoms with E-state index in [1.54, 1.807) is 17.1 Å². The SMILES string of the molecule is CN(C)CCN(CC1CCCN(Cc2ccccc2F)C1)C(=O)CCn1cncn1. The van der Waals surface area contributed by atoms with Gasteiger partial charge in [0.1, 0.15) is 18.5 Å². The lowest BCUT2D eigenvalue weighted by Crippen LogP contribution is -2.44. The third kappa shape index (κ3) is 6.88. The molecule has 7 nitrogen and oxygen atoms in total. The molecule has 1 aromatic carbocycles. The molecule has 8 heteroatoms. The number of hydrogen-bond donors (Lipinski definition) is 0. The van der Waals surface area contributed by atoms with Crippen molar-refractivity contribution in [3.63, 3.8) is 0 Å². The van der Waals surface area contributed by atoms with Crippen LogP contribution < -0.4 is 0 Å². The normalized spacial score (nSPS) is 17.4. The molecule has 30 heavy (non-hydrogen) atoms. The molecule has 0 aliphatic carbocycles. The molecule has 164 valence electrons. The van der Waals surface area contributed by atoms with Crippen molar-refractivity contribution < 1.29 is 9.18 Å². The number of aryl methyl sites for hydroxylation is 1. The maximum absolute atomic E-state index is 14.0. The zero-order valence-electron chi connectivity index (χ0n) is 18.1. The molecule has 1 fully saturated rings. The van der Waals surface area contributed by atoms with Crippen molar-refractivity contribution in [3.05, 3.63) is 48.3 Å². The average Bonchev–Trinajstić information content (AvgIpc) is 3.25. The number of carbonyl (C=O) groups excluding carboxylic acids is 1. The van der Waals surface area contributed by atoms with E-state index in [1.165, 1.54) is 12.4 Å². The zero-order chi connectivity index (χ0) is 21.3. The number of nitrogens with zero attached hydrogens (tertiary/aromatic N) is 6. The summed E-state index contributed by atoms with van der Waals surface area (Å²) >= 11 is 0. The molecule has 1 amide bonds. The molecule has 1 unspecified atom stereocenters. The van der Waals surface area contributed by atoms with Crippen LogP contribution in [0.25, 0.3) is 0 Å². The molecule has 1 saturated heterocycles. The predicted octanol–water partition coefficient (Wildman–Crippen LogP) is 2.11. The first-order valence-corrected chi connectivity index (χ1v) is 10.7. The number of halogens is 1. The second-order valence-electron chi connectivity index (χ2n) is 8.39. The minimum Gasteiger partial charge on any atom is -0.341 e. The fourth-order valence-electron chi connectivity index (χ4n) is 3.98. The van der Waals surface area contributed by atoms with E-state index in [0.717, 1.165) is 44.6 Å². The quantitative estimate of drug-likeness (QED) is 0.594. The van der Waals surface area contributed by atoms with Crippen molar-refractivity contribution in [2.75, 3.05) is 46.8 Å². The molecule has 1 aliphatic rings. The minimum atomic E-state index is -0.143. The van der Waals surface area contributed by atoms with Crippen molar-refractivity contribution >= 4 is 5.91 Å². The Bertz CT molecular complexity index is 782. The van der Waals surface area contributed by atoms with E-state index in [1.807, 2.05) is 31.1 Å². The average molecular weight is 417 g/mol. The van der Waals surface area contributed by atoms with Crippen LogP contribution in [0, 0.1) is 11.7 Å². The maximum Gasteiger partial charge on any atom is 0.224 e. The molecule has 2 aromatic rings. The van der Waals surface area contributed by atoms with Crippen LogP contribution in [0.2, 0.25) is 0 Å². The van der Waals surface area contributed by atoms with Crippen molar-refractivity contribution in [2.24, 2.45) is 5.92 Å². The van der Waals surface area contributed by atoms with Crippen molar-refractivity contribution in [1.29, 1.82) is 0 Å². The fraction of sp³-hybridized carbons (Fsp3) is 0.591. The van der Waals surface area contributed by atoms with E-state index in [2.05, 4.69) is 19.9 Å². The van der Waals surface area contributed by atoms with Crippen LogP contribution in [0.1, 0.15) is 24.8 Å². The number of likely N-dealkylation sites (tertiary alicyclic amines) is 1. The summed E-state index contributed by atoms with van der Waals surface area (Å²) in [7, 11) is 4.05. The second kappa shape index (κ2) is 11.2. The Morgan fingerprint density at radius 2 is 2.10 bits per heavy atom. The Morgan fingerprint density at radius 3 is 2.83 bits per heavy atom. The van der Waals surface area contributed by atoms with Gasteiger partial charge in [-0.3, -0.25) is 14.4 Å². The van der Waals surface area contributed by atoms with Gasteiger partial charge in [0.2, 0.25) is 5.91 Å². The number of benzene rings is 1. The van der Waals surface area contributed by atoms with Gasteiger partial charge in [-0.25, -0.2) is 9.37 Å². The molecular weight excluding hydrogens is 383 g/mol. The van der Waals surface area contributed by atoms with E-state index in [9.17, 15) is 9.18 Å². The summed E-state index contributed by atoms with van der Waals surface area (Å²) in [5, 5.41) is 4.08. The first-order chi connectivity index (χ1) is 14.5. The van der Waals surface area contributed by atoms with Gasteiger partial charge in [0.25, 0.3) is 0 Å². The van der Waals surface area contributed by atoms with Crippen LogP contribution in [0.4, 0.5) is 4.39 Å². The van der Waals surface area contributed by atoms with Gasteiger partial charge in [0.05, 0.1) is 6.54 Å². The highest BCUT2D eigenvalue weighted by Gasteiger charge is 2.25. The molecule has 0 radical (unpaired) electrons. The predicted molar refractivity (Wildman–Crippen MR) is 114 cm³/mol. The monoisotopic (exact) mass is 416 g/mol. The second-order valence-corrected chi connectivity index (χ2v) is 8.39. The summed E-state index contributed by atoms with van der Waals surface area (Å²) in [4.78, 5) is 23.3. The summed E-state index contributed by atoms with van der Waals surface area (Å²) < 4.78 is 15.7. The van der Waals surface area contributed by atoms with Crippen LogP contribution in [0.3, 0.4) is 0 Å². The van der Waals surface area contributed by atoms with Crippen LogP contribution >= 0.6 is 0 Å². The van der Waals surface area contributed by atoms with Gasteiger partial charge in [-0.05, 0) is 45.5 Å². The Kier molecular flexibility index (Phi) is 8.33. The van der Waals surface area contributed by atoms with E-state index < -0.39 is 0 Å². The number of hydrogen-bond acceptors (Lipinski definition) is 5. The Balaban J connectivity index is 1.56. The lowest BCUT2D eigenvalue weighted by atomic mass is 9.96. The lowest BCUT2D eigenvalue weighted by Gasteiger charge is -2.36. The highest BCUT2D eigenvalue weighted by molar-refractivity contribution is 5.76. The molecule has 3 rings (SSSR count). The number of piperidine rings is 1. The summed E-state index contributed by atoms with van der Waals surface area (Å²) in [5.41, 5.74) is 0.742. The number of rotatable bonds is 10. The van der Waals surface area contributed by atoms with Gasteiger partial charge in [0, 0.05) is 44.7 Å². The third-order valence-corrected chi connectivity index (χ3v) is 5.62. The van der Waals surface area contributed by atoms with Gasteiger partial charge >= 0.3 is 0 Å². The van der Waals surface area contributed by atoms with E-state index in [-0.39, 0.29) is 11.7 Å². The van der Waals surface area contributed by atoms with Crippen molar-refractivity contribution in [3.8, 4) is 0 Å². The minimum absolute atomic E-state index is 0.143. The molecule has 2 heterocycles. The molecule has 1 atom stereocenters. The summed E-state index contributed by atoms with van der Waals surface area (Å²) in [6.07, 6.45) is 5.72. The molecule has 1 aromatic heterocycles. The Morgan fingerprint density at radius 1 is 1.27 bits per heavy atom. The van der Waals surface area contributed by atoms with Gasteiger partial charge < -0.3 is 9.80 Å². The molecule has 1 aliphatic heterocycles. The zero-order valence-corrected chi connectivity index (χ0v) is 18.1. The molecular formula is C22H33FN6O. The van der Waals surface area contributed by atoms with Gasteiger partial charge in [-0.1, -0.05) is 18.2 Å². The molecule has 0 spiro atoms. The highest BCUT2D eigenvalue weighted by Crippen LogP contribution is 2.21. The smallest absolute Gasteiger partial charge is 0.224 e. The van der Waals surface area contributed by atoms with Gasteiger partial charge in [-0.2, -0.15) is 5.10 Å². The van der Waals surface area contributed by atoms with Crippen molar-refractivity contribution in [2.45, 2.75) is 32.4 Å². The lowest BCUT2D eigenvalue weighted by molar-refractivity contribution is -0.132. The molecule has 0 N–H and O–H groups in total. The van der Waals surface area contributed by atoms with E-state index >= 15 is 0 Å². The standard InChI is InChI=1S/C22H33FN6O/c1-26(2)12-13-28(22(30)9-11-29-18-24-17-25-29)15-19-6-5-10-27(14-19)16-20-7-3-4-8-21(20)23/h3-4,7-8,17-19H,5-6,9-16H2,1-2H3. The third-order valence-electron chi connectivity index (χ3n) is 5.62. The van der Waals surface area contributed by atoms with Crippen LogP contribution in [-0.2, 0) is 17.9 Å². The van der Waals surface area contributed by atoms with Crippen molar-refractivity contribution in [1.82, 2.24) is 29.5 Å². The fourth-order valence-corrected chi connectivity index (χ4v) is 3.98. The van der Waals surface area contributed by atoms with Crippen LogP contribution in [0.15, 0.2) is 36.9 Å². The van der Waals surface area contributed by atoms with Gasteiger partial charge in [0.15, 0.2) is 0 Å². The number of aromatic nitrogens is 3. The topological polar surface area (TPSA) is 57.5 Å². The Labute approximate surface area is 178 Å². The highest BCUT2D eigenvalue weighted by atomic mass is 19.1. The maximum atomic E-state index is 14.0.